The molecule has 0 aliphatic rings. The van der Waals surface area contributed by atoms with Crippen LogP contribution in [0, 0.1) is 0 Å². The van der Waals surface area contributed by atoms with E-state index >= 15 is 0 Å². The molecular weight excluding hydrogens is 408 g/mol. The smallest absolute Gasteiger partial charge is 0.305 e. The van der Waals surface area contributed by atoms with Crippen LogP contribution >= 0.6 is 11.6 Å². The van der Waals surface area contributed by atoms with Gasteiger partial charge in [-0.3, -0.25) is 4.79 Å². The molecule has 0 N–H and O–H groups in total. The molecule has 0 unspecified atom stereocenters. The Morgan fingerprint density at radius 1 is 0.567 bits per heavy atom. The van der Waals surface area contributed by atoms with Crippen molar-refractivity contribution < 1.29 is 28.5 Å². The lowest BCUT2D eigenvalue weighted by Gasteiger charge is -2.08. The van der Waals surface area contributed by atoms with Gasteiger partial charge in [0.15, 0.2) is 0 Å². The Balaban J connectivity index is 3.10. The fraction of sp³-hybridized carbons (Fsp3) is 0.957. The van der Waals surface area contributed by atoms with Crippen LogP contribution < -0.4 is 0 Å². The molecule has 0 aromatic heterocycles. The van der Waals surface area contributed by atoms with Crippen molar-refractivity contribution in [3.8, 4) is 0 Å². The Labute approximate surface area is 189 Å². The number of hydrogen-bond donors (Lipinski definition) is 0. The van der Waals surface area contributed by atoms with Gasteiger partial charge in [0.1, 0.15) is 6.61 Å². The Bertz CT molecular complexity index is 344. The average molecular weight is 453 g/mol. The van der Waals surface area contributed by atoms with E-state index in [1.54, 1.807) is 0 Å². The van der Waals surface area contributed by atoms with Crippen LogP contribution in [0.15, 0.2) is 0 Å². The maximum atomic E-state index is 11.6. The van der Waals surface area contributed by atoms with Gasteiger partial charge < -0.3 is 23.7 Å². The molecule has 6 nitrogen and oxygen atoms in total. The van der Waals surface area contributed by atoms with Crippen molar-refractivity contribution in [1.82, 2.24) is 0 Å². The summed E-state index contributed by atoms with van der Waals surface area (Å²) in [5.74, 6) is 0.621. The highest BCUT2D eigenvalue weighted by molar-refractivity contribution is 6.17. The highest BCUT2D eigenvalue weighted by Crippen LogP contribution is 2.07. The summed E-state index contributed by atoms with van der Waals surface area (Å²) in [5, 5.41) is 0. The van der Waals surface area contributed by atoms with Gasteiger partial charge in [0, 0.05) is 18.9 Å². The quantitative estimate of drug-likeness (QED) is 0.108. The van der Waals surface area contributed by atoms with Crippen LogP contribution in [-0.4, -0.2) is 71.3 Å². The molecule has 0 heterocycles. The molecule has 0 aromatic carbocycles. The molecule has 180 valence electrons. The first-order chi connectivity index (χ1) is 14.8. The van der Waals surface area contributed by atoms with Crippen molar-refractivity contribution in [1.29, 1.82) is 0 Å². The normalized spacial score (nSPS) is 11.1. The number of ether oxygens (including phenoxy) is 5. The molecule has 0 radical (unpaired) electrons. The largest absolute Gasteiger partial charge is 0.463 e. The van der Waals surface area contributed by atoms with Crippen LogP contribution in [0.3, 0.4) is 0 Å². The first kappa shape index (κ1) is 29.6. The van der Waals surface area contributed by atoms with Gasteiger partial charge in [-0.15, -0.1) is 11.6 Å². The maximum Gasteiger partial charge on any atom is 0.305 e. The molecular formula is C23H45ClO6. The topological polar surface area (TPSA) is 63.2 Å². The van der Waals surface area contributed by atoms with E-state index in [9.17, 15) is 4.79 Å². The van der Waals surface area contributed by atoms with Gasteiger partial charge in [-0.2, -0.15) is 0 Å². The first-order valence-corrected chi connectivity index (χ1v) is 12.4. The van der Waals surface area contributed by atoms with Crippen LogP contribution in [-0.2, 0) is 28.5 Å². The van der Waals surface area contributed by atoms with Gasteiger partial charge >= 0.3 is 5.97 Å². The van der Waals surface area contributed by atoms with Crippen molar-refractivity contribution in [2.45, 2.75) is 77.6 Å². The van der Waals surface area contributed by atoms with Crippen LogP contribution in [0.2, 0.25) is 0 Å². The van der Waals surface area contributed by atoms with E-state index in [-0.39, 0.29) is 5.97 Å². The molecule has 0 saturated heterocycles. The van der Waals surface area contributed by atoms with Crippen LogP contribution in [0.4, 0.5) is 0 Å². The Hall–Kier alpha value is -0.400. The summed E-state index contributed by atoms with van der Waals surface area (Å²) in [5.41, 5.74) is 0. The van der Waals surface area contributed by atoms with Gasteiger partial charge in [0.05, 0.1) is 46.2 Å². The number of hydrogen-bond acceptors (Lipinski definition) is 6. The second-order valence-corrected chi connectivity index (χ2v) is 7.67. The number of alkyl halides is 1. The van der Waals surface area contributed by atoms with Gasteiger partial charge in [-0.1, -0.05) is 51.9 Å². The molecule has 0 aliphatic heterocycles. The fourth-order valence-electron chi connectivity index (χ4n) is 2.75. The molecule has 0 atom stereocenters. The maximum absolute atomic E-state index is 11.6. The molecule has 0 aliphatic carbocycles. The number of carbonyl (C=O) groups is 1. The molecule has 0 bridgehead atoms. The van der Waals surface area contributed by atoms with Crippen LogP contribution in [0.5, 0.6) is 0 Å². The minimum Gasteiger partial charge on any atom is -0.463 e. The van der Waals surface area contributed by atoms with E-state index < -0.39 is 0 Å². The van der Waals surface area contributed by atoms with Crippen molar-refractivity contribution in [3.05, 3.63) is 0 Å². The molecule has 0 saturated carbocycles. The zero-order valence-corrected chi connectivity index (χ0v) is 19.9. The molecule has 0 aromatic rings. The van der Waals surface area contributed by atoms with E-state index in [4.69, 9.17) is 35.3 Å². The molecule has 0 fully saturated rings. The second-order valence-electron chi connectivity index (χ2n) is 7.29. The zero-order valence-electron chi connectivity index (χ0n) is 19.2. The van der Waals surface area contributed by atoms with Gasteiger partial charge in [-0.25, -0.2) is 0 Å². The summed E-state index contributed by atoms with van der Waals surface area (Å²) < 4.78 is 26.9. The third-order valence-corrected chi connectivity index (χ3v) is 4.78. The minimum atomic E-state index is -0.127. The summed E-state index contributed by atoms with van der Waals surface area (Å²) in [6.45, 7) is 7.00. The standard InChI is InChI=1S/C23H45ClO6/c1-2-3-4-5-6-9-12-23(25)30-22-21-29-20-19-28-18-17-27-16-15-26-14-11-8-7-10-13-24/h2-22H2,1H3. The molecule has 7 heteroatoms. The van der Waals surface area contributed by atoms with Crippen LogP contribution in [0.1, 0.15) is 77.6 Å². The predicted octanol–water partition coefficient (Wildman–Crippen LogP) is 5.15. The summed E-state index contributed by atoms with van der Waals surface area (Å²) >= 11 is 5.63. The van der Waals surface area contributed by atoms with Gasteiger partial charge in [0.2, 0.25) is 0 Å². The first-order valence-electron chi connectivity index (χ1n) is 11.8. The lowest BCUT2D eigenvalue weighted by atomic mass is 10.1. The van der Waals surface area contributed by atoms with Gasteiger partial charge in [-0.05, 0) is 19.3 Å². The lowest BCUT2D eigenvalue weighted by molar-refractivity contribution is -0.145. The SMILES string of the molecule is CCCCCCCCC(=O)OCCOCCOCCOCCOCCCCCCCl. The number of halogens is 1. The van der Waals surface area contributed by atoms with E-state index in [0.29, 0.717) is 59.3 Å². The molecule has 30 heavy (non-hydrogen) atoms. The third kappa shape index (κ3) is 25.6. The van der Waals surface area contributed by atoms with E-state index in [0.717, 1.165) is 38.2 Å². The van der Waals surface area contributed by atoms with Crippen LogP contribution in [0.25, 0.3) is 0 Å². The Morgan fingerprint density at radius 3 is 1.63 bits per heavy atom. The van der Waals surface area contributed by atoms with E-state index in [1.807, 2.05) is 0 Å². The van der Waals surface area contributed by atoms with Crippen molar-refractivity contribution in [2.24, 2.45) is 0 Å². The fourth-order valence-corrected chi connectivity index (χ4v) is 2.94. The van der Waals surface area contributed by atoms with E-state index in [1.165, 1.54) is 38.5 Å². The Kier molecular flexibility index (Phi) is 26.3. The number of unbranched alkanes of at least 4 members (excludes halogenated alkanes) is 8. The predicted molar refractivity (Wildman–Crippen MR) is 121 cm³/mol. The van der Waals surface area contributed by atoms with Gasteiger partial charge in [0.25, 0.3) is 0 Å². The molecule has 0 amide bonds. The molecule has 0 rings (SSSR count). The molecule has 0 spiro atoms. The minimum absolute atomic E-state index is 0.127. The number of esters is 1. The summed E-state index contributed by atoms with van der Waals surface area (Å²) in [7, 11) is 0. The van der Waals surface area contributed by atoms with E-state index in [2.05, 4.69) is 6.92 Å². The second kappa shape index (κ2) is 26.6. The summed E-state index contributed by atoms with van der Waals surface area (Å²) in [4.78, 5) is 11.6. The van der Waals surface area contributed by atoms with Crippen molar-refractivity contribution >= 4 is 17.6 Å². The monoisotopic (exact) mass is 452 g/mol. The number of carbonyl (C=O) groups excluding carboxylic acids is 1. The lowest BCUT2D eigenvalue weighted by Crippen LogP contribution is -2.14. The summed E-state index contributed by atoms with van der Waals surface area (Å²) in [6, 6.07) is 0. The van der Waals surface area contributed by atoms with Crippen molar-refractivity contribution in [2.75, 3.05) is 65.3 Å². The third-order valence-electron chi connectivity index (χ3n) is 4.51. The van der Waals surface area contributed by atoms with Crippen molar-refractivity contribution in [3.63, 3.8) is 0 Å². The Morgan fingerprint density at radius 2 is 1.03 bits per heavy atom. The summed E-state index contributed by atoms with van der Waals surface area (Å²) in [6.07, 6.45) is 12.0. The zero-order chi connectivity index (χ0) is 22.0. The number of rotatable bonds is 25. The average Bonchev–Trinajstić information content (AvgIpc) is 2.75. The highest BCUT2D eigenvalue weighted by atomic mass is 35.5. The highest BCUT2D eigenvalue weighted by Gasteiger charge is 2.02.